The molecule has 1 atom stereocenters. The number of ketones is 1. The number of rotatable bonds is 11. The van der Waals surface area contributed by atoms with Crippen LogP contribution in [-0.2, 0) is 25.5 Å². The monoisotopic (exact) mass is 393 g/mol. The van der Waals surface area contributed by atoms with Gasteiger partial charge in [-0.1, -0.05) is 29.8 Å². The van der Waals surface area contributed by atoms with Gasteiger partial charge in [-0.25, -0.2) is 4.79 Å². The van der Waals surface area contributed by atoms with Crippen molar-refractivity contribution in [3.8, 4) is 0 Å². The molecule has 27 heavy (non-hydrogen) atoms. The lowest BCUT2D eigenvalue weighted by Crippen LogP contribution is -2.33. The smallest absolute Gasteiger partial charge is 0.329 e. The Morgan fingerprint density at radius 1 is 1.33 bits per heavy atom. The minimum absolute atomic E-state index is 0.0290. The third-order valence-electron chi connectivity index (χ3n) is 4.31. The Hall–Kier alpha value is -2.18. The fourth-order valence-corrected chi connectivity index (χ4v) is 3.23. The molecule has 1 fully saturated rings. The summed E-state index contributed by atoms with van der Waals surface area (Å²) in [6.07, 6.45) is 6.22. The van der Waals surface area contributed by atoms with Crippen LogP contribution in [0.1, 0.15) is 31.2 Å². The number of carboxylic acid groups (broad SMARTS) is 1. The van der Waals surface area contributed by atoms with Crippen LogP contribution in [0.2, 0.25) is 5.02 Å². The zero-order valence-electron chi connectivity index (χ0n) is 15.1. The number of amides is 1. The predicted octanol–water partition coefficient (Wildman–Crippen LogP) is 2.88. The summed E-state index contributed by atoms with van der Waals surface area (Å²) in [7, 11) is 0. The van der Waals surface area contributed by atoms with Crippen LogP contribution in [0.15, 0.2) is 36.4 Å². The quantitative estimate of drug-likeness (QED) is 0.461. The van der Waals surface area contributed by atoms with Gasteiger partial charge in [-0.05, 0) is 43.0 Å². The molecule has 1 aliphatic rings. The van der Waals surface area contributed by atoms with Crippen LogP contribution in [0.25, 0.3) is 0 Å². The van der Waals surface area contributed by atoms with E-state index in [1.54, 1.807) is 29.2 Å². The van der Waals surface area contributed by atoms with Gasteiger partial charge < -0.3 is 14.7 Å². The Bertz CT molecular complexity index is 703. The molecule has 1 heterocycles. The number of hydrogen-bond acceptors (Lipinski definition) is 4. The summed E-state index contributed by atoms with van der Waals surface area (Å²) < 4.78 is 4.99. The number of unbranched alkanes of at least 4 members (excludes halogenated alkanes) is 1. The summed E-state index contributed by atoms with van der Waals surface area (Å²) in [6.45, 7) is 0.627. The zero-order chi connectivity index (χ0) is 19.6. The second-order valence-corrected chi connectivity index (χ2v) is 6.92. The summed E-state index contributed by atoms with van der Waals surface area (Å²) in [5.41, 5.74) is 0.859. The molecule has 1 aromatic rings. The highest BCUT2D eigenvalue weighted by Gasteiger charge is 2.28. The first-order chi connectivity index (χ1) is 13.0. The molecule has 7 heteroatoms. The number of ether oxygens (including phenoxy) is 1. The number of likely N-dealkylation sites (tertiary alicyclic amines) is 1. The maximum absolute atomic E-state index is 12.2. The molecular formula is C20H24ClNO5. The molecule has 0 spiro atoms. The summed E-state index contributed by atoms with van der Waals surface area (Å²) in [4.78, 5) is 36.4. The van der Waals surface area contributed by atoms with Crippen LogP contribution < -0.4 is 0 Å². The zero-order valence-corrected chi connectivity index (χ0v) is 15.9. The van der Waals surface area contributed by atoms with Gasteiger partial charge in [-0.2, -0.15) is 0 Å². The topological polar surface area (TPSA) is 83.9 Å². The van der Waals surface area contributed by atoms with E-state index in [0.717, 1.165) is 12.0 Å². The van der Waals surface area contributed by atoms with E-state index < -0.39 is 5.97 Å². The molecule has 6 nitrogen and oxygen atoms in total. The highest BCUT2D eigenvalue weighted by molar-refractivity contribution is 6.30. The maximum Gasteiger partial charge on any atom is 0.329 e. The second-order valence-electron chi connectivity index (χ2n) is 6.48. The van der Waals surface area contributed by atoms with Crippen molar-refractivity contribution < 1.29 is 24.2 Å². The Labute approximate surface area is 163 Å². The van der Waals surface area contributed by atoms with Crippen molar-refractivity contribution in [2.24, 2.45) is 0 Å². The average Bonchev–Trinajstić information content (AvgIpc) is 2.96. The molecule has 2 rings (SSSR count). The molecule has 1 aromatic carbocycles. The number of benzene rings is 1. The third kappa shape index (κ3) is 7.53. The maximum atomic E-state index is 12.2. The van der Waals surface area contributed by atoms with Crippen molar-refractivity contribution >= 4 is 29.3 Å². The lowest BCUT2D eigenvalue weighted by Gasteiger charge is -2.22. The number of carboxylic acids is 1. The van der Waals surface area contributed by atoms with E-state index in [1.165, 1.54) is 0 Å². The normalized spacial score (nSPS) is 17.0. The van der Waals surface area contributed by atoms with Crippen LogP contribution in [-0.4, -0.2) is 53.5 Å². The molecule has 146 valence electrons. The van der Waals surface area contributed by atoms with Crippen molar-refractivity contribution in [3.05, 3.63) is 47.0 Å². The Morgan fingerprint density at radius 2 is 2.15 bits per heavy atom. The molecular weight excluding hydrogens is 370 g/mol. The van der Waals surface area contributed by atoms with Gasteiger partial charge in [-0.3, -0.25) is 9.59 Å². The molecule has 1 saturated heterocycles. The number of hydrogen-bond donors (Lipinski definition) is 1. The van der Waals surface area contributed by atoms with Crippen LogP contribution >= 0.6 is 11.6 Å². The van der Waals surface area contributed by atoms with Crippen molar-refractivity contribution in [2.75, 3.05) is 19.8 Å². The Kier molecular flexibility index (Phi) is 8.48. The van der Waals surface area contributed by atoms with Gasteiger partial charge in [-0.15, -0.1) is 0 Å². The Morgan fingerprint density at radius 3 is 2.89 bits per heavy atom. The largest absolute Gasteiger partial charge is 0.480 e. The number of halogens is 1. The highest BCUT2D eigenvalue weighted by atomic mass is 35.5. The van der Waals surface area contributed by atoms with Gasteiger partial charge >= 0.3 is 5.97 Å². The fourth-order valence-electron chi connectivity index (χ4n) is 3.02. The lowest BCUT2D eigenvalue weighted by atomic mass is 10.1. The molecule has 0 bridgehead atoms. The minimum Gasteiger partial charge on any atom is -0.480 e. The molecule has 0 radical (unpaired) electrons. The van der Waals surface area contributed by atoms with E-state index in [2.05, 4.69) is 0 Å². The van der Waals surface area contributed by atoms with Crippen molar-refractivity contribution in [1.82, 2.24) is 4.90 Å². The predicted molar refractivity (Wildman–Crippen MR) is 102 cm³/mol. The average molecular weight is 394 g/mol. The summed E-state index contributed by atoms with van der Waals surface area (Å²) in [5.74, 6) is -0.936. The first-order valence-corrected chi connectivity index (χ1v) is 9.38. The molecule has 0 saturated carbocycles. The van der Waals surface area contributed by atoms with Crippen LogP contribution in [0.3, 0.4) is 0 Å². The molecule has 0 aromatic heterocycles. The Balaban J connectivity index is 1.77. The lowest BCUT2D eigenvalue weighted by molar-refractivity contribution is -0.142. The van der Waals surface area contributed by atoms with Gasteiger partial charge in [0.25, 0.3) is 0 Å². The van der Waals surface area contributed by atoms with Gasteiger partial charge in [0, 0.05) is 31.0 Å². The van der Waals surface area contributed by atoms with Gasteiger partial charge in [0.1, 0.15) is 6.61 Å². The number of carbonyl (C=O) groups excluding carboxylic acids is 2. The van der Waals surface area contributed by atoms with E-state index in [-0.39, 0.29) is 30.8 Å². The van der Waals surface area contributed by atoms with E-state index in [0.29, 0.717) is 37.4 Å². The van der Waals surface area contributed by atoms with Gasteiger partial charge in [0.05, 0.1) is 6.04 Å². The van der Waals surface area contributed by atoms with Crippen LogP contribution in [0, 0.1) is 0 Å². The summed E-state index contributed by atoms with van der Waals surface area (Å²) in [5, 5.41) is 9.10. The summed E-state index contributed by atoms with van der Waals surface area (Å²) >= 11 is 5.93. The molecule has 1 amide bonds. The third-order valence-corrected chi connectivity index (χ3v) is 4.54. The highest BCUT2D eigenvalue weighted by Crippen LogP contribution is 2.20. The molecule has 0 unspecified atom stereocenters. The molecule has 0 aliphatic carbocycles. The minimum atomic E-state index is -0.989. The number of nitrogens with zero attached hydrogens (tertiary/aromatic N) is 1. The van der Waals surface area contributed by atoms with E-state index in [1.807, 2.05) is 12.1 Å². The first-order valence-electron chi connectivity index (χ1n) is 9.00. The first kappa shape index (κ1) is 21.1. The number of allylic oxidation sites excluding steroid dienone is 1. The van der Waals surface area contributed by atoms with Gasteiger partial charge in [0.2, 0.25) is 5.91 Å². The fraction of sp³-hybridized carbons (Fsp3) is 0.450. The summed E-state index contributed by atoms with van der Waals surface area (Å²) in [6, 6.07) is 7.13. The number of aliphatic carboxylic acids is 1. The van der Waals surface area contributed by atoms with E-state index in [4.69, 9.17) is 21.4 Å². The standard InChI is InChI=1S/C20H24ClNO5/c21-16-5-3-4-15(12-16)13-18(23)8-6-17-7-9-19(24)22(17)10-1-2-11-27-14-20(25)26/h3-6,8,12,17H,1-2,7,9-11,13-14H2,(H,25,26)/b8-6+/t17-/m0/s1. The second kappa shape index (κ2) is 10.8. The number of carbonyl (C=O) groups is 3. The van der Waals surface area contributed by atoms with E-state index in [9.17, 15) is 14.4 Å². The van der Waals surface area contributed by atoms with Crippen molar-refractivity contribution in [3.63, 3.8) is 0 Å². The van der Waals surface area contributed by atoms with Crippen LogP contribution in [0.4, 0.5) is 0 Å². The van der Waals surface area contributed by atoms with Gasteiger partial charge in [0.15, 0.2) is 5.78 Å². The molecule has 1 N–H and O–H groups in total. The van der Waals surface area contributed by atoms with E-state index >= 15 is 0 Å². The van der Waals surface area contributed by atoms with Crippen molar-refractivity contribution in [2.45, 2.75) is 38.1 Å². The SMILES string of the molecule is O=C(O)COCCCCN1C(=O)CC[C@@H]1/C=C/C(=O)Cc1cccc(Cl)c1. The van der Waals surface area contributed by atoms with Crippen molar-refractivity contribution in [1.29, 1.82) is 0 Å². The molecule has 1 aliphatic heterocycles. The van der Waals surface area contributed by atoms with Crippen LogP contribution in [0.5, 0.6) is 0 Å².